The minimum absolute atomic E-state index is 0.105. The highest BCUT2D eigenvalue weighted by atomic mass is 35.5. The molecule has 170 valence electrons. The second-order valence-corrected chi connectivity index (χ2v) is 8.67. The Morgan fingerprint density at radius 3 is 2.21 bits per heavy atom. The zero-order chi connectivity index (χ0) is 23.0. The minimum Gasteiger partial charge on any atom is -0.372 e. The Balaban J connectivity index is 1.43. The van der Waals surface area contributed by atoms with Gasteiger partial charge in [0.2, 0.25) is 5.91 Å². The molecule has 1 heterocycles. The predicted molar refractivity (Wildman–Crippen MR) is 134 cm³/mol. The summed E-state index contributed by atoms with van der Waals surface area (Å²) in [7, 11) is 0. The van der Waals surface area contributed by atoms with Crippen molar-refractivity contribution in [3.63, 3.8) is 0 Å². The summed E-state index contributed by atoms with van der Waals surface area (Å²) in [6.45, 7) is 2.16. The second-order valence-electron chi connectivity index (χ2n) is 8.26. The van der Waals surface area contributed by atoms with Gasteiger partial charge in [-0.15, -0.1) is 0 Å². The molecule has 1 fully saturated rings. The molecule has 4 rings (SSSR count). The van der Waals surface area contributed by atoms with Crippen LogP contribution in [-0.2, 0) is 4.79 Å². The molecule has 1 aliphatic rings. The van der Waals surface area contributed by atoms with E-state index >= 15 is 0 Å². The quantitative estimate of drug-likeness (QED) is 0.465. The van der Waals surface area contributed by atoms with Crippen LogP contribution in [0.15, 0.2) is 78.9 Å². The maximum absolute atomic E-state index is 12.9. The summed E-state index contributed by atoms with van der Waals surface area (Å²) in [4.78, 5) is 28.1. The lowest BCUT2D eigenvalue weighted by Gasteiger charge is -2.28. The highest BCUT2D eigenvalue weighted by Crippen LogP contribution is 2.24. The standard InChI is InChI=1S/C27H28ClN3O2/c28-24-12-6-5-11-23(24)27(33)30-25(20-9-3-1-4-10-20)19-26(32)29-21-13-15-22(16-14-21)31-17-7-2-8-18-31/h1,3-6,9-16,25H,2,7-8,17-19H2,(H,29,32)(H,30,33)/t25-/m1/s1. The first-order valence-electron chi connectivity index (χ1n) is 11.4. The smallest absolute Gasteiger partial charge is 0.253 e. The fraction of sp³-hybridized carbons (Fsp3) is 0.259. The van der Waals surface area contributed by atoms with Crippen LogP contribution in [0.2, 0.25) is 5.02 Å². The molecule has 2 N–H and O–H groups in total. The van der Waals surface area contributed by atoms with Crippen molar-refractivity contribution < 1.29 is 9.59 Å². The van der Waals surface area contributed by atoms with Crippen molar-refractivity contribution in [1.29, 1.82) is 0 Å². The average Bonchev–Trinajstić information content (AvgIpc) is 2.85. The van der Waals surface area contributed by atoms with Crippen LogP contribution in [0.1, 0.15) is 47.6 Å². The molecule has 3 aromatic carbocycles. The number of piperidine rings is 1. The van der Waals surface area contributed by atoms with Gasteiger partial charge < -0.3 is 15.5 Å². The molecule has 3 aromatic rings. The largest absolute Gasteiger partial charge is 0.372 e. The third-order valence-electron chi connectivity index (χ3n) is 5.89. The lowest BCUT2D eigenvalue weighted by molar-refractivity contribution is -0.116. The van der Waals surface area contributed by atoms with Gasteiger partial charge in [0.05, 0.1) is 23.0 Å². The topological polar surface area (TPSA) is 61.4 Å². The summed E-state index contributed by atoms with van der Waals surface area (Å²) in [5, 5.41) is 6.31. The number of carbonyl (C=O) groups is 2. The number of nitrogens with one attached hydrogen (secondary N) is 2. The van der Waals surface area contributed by atoms with Crippen molar-refractivity contribution in [1.82, 2.24) is 5.32 Å². The van der Waals surface area contributed by atoms with Gasteiger partial charge in [0.25, 0.3) is 5.91 Å². The van der Waals surface area contributed by atoms with Gasteiger partial charge >= 0.3 is 0 Å². The Bertz CT molecular complexity index is 1080. The number of amides is 2. The van der Waals surface area contributed by atoms with Crippen LogP contribution in [0.5, 0.6) is 0 Å². The Labute approximate surface area is 199 Å². The van der Waals surface area contributed by atoms with E-state index in [1.807, 2.05) is 42.5 Å². The fourth-order valence-electron chi connectivity index (χ4n) is 4.12. The summed E-state index contributed by atoms with van der Waals surface area (Å²) in [6.07, 6.45) is 3.84. The molecule has 0 aromatic heterocycles. The highest BCUT2D eigenvalue weighted by molar-refractivity contribution is 6.33. The van der Waals surface area contributed by atoms with Crippen molar-refractivity contribution in [3.05, 3.63) is 95.0 Å². The van der Waals surface area contributed by atoms with Gasteiger partial charge in [-0.3, -0.25) is 9.59 Å². The molecule has 1 aliphatic heterocycles. The maximum Gasteiger partial charge on any atom is 0.253 e. The number of anilines is 2. The van der Waals surface area contributed by atoms with Gasteiger partial charge in [0, 0.05) is 24.5 Å². The molecule has 1 atom stereocenters. The summed E-state index contributed by atoms with van der Waals surface area (Å²) in [5.41, 5.74) is 3.16. The van der Waals surface area contributed by atoms with Gasteiger partial charge in [0.15, 0.2) is 0 Å². The number of rotatable bonds is 7. The molecule has 0 saturated carbocycles. The Hall–Kier alpha value is -3.31. The SMILES string of the molecule is O=C(C[C@@H](NC(=O)c1ccccc1Cl)c1ccccc1)Nc1ccc(N2CCCCC2)cc1. The van der Waals surface area contributed by atoms with Gasteiger partial charge in [-0.2, -0.15) is 0 Å². The molecule has 33 heavy (non-hydrogen) atoms. The van der Waals surface area contributed by atoms with E-state index in [0.717, 1.165) is 24.3 Å². The monoisotopic (exact) mass is 461 g/mol. The number of halogens is 1. The summed E-state index contributed by atoms with van der Waals surface area (Å²) >= 11 is 6.19. The first kappa shape index (κ1) is 22.9. The van der Waals surface area contributed by atoms with Crippen molar-refractivity contribution in [3.8, 4) is 0 Å². The molecule has 2 amide bonds. The first-order valence-corrected chi connectivity index (χ1v) is 11.7. The van der Waals surface area contributed by atoms with Gasteiger partial charge in [0.1, 0.15) is 0 Å². The number of nitrogens with zero attached hydrogens (tertiary/aromatic N) is 1. The van der Waals surface area contributed by atoms with E-state index in [2.05, 4.69) is 27.7 Å². The Kier molecular flexibility index (Phi) is 7.63. The van der Waals surface area contributed by atoms with Gasteiger partial charge in [-0.05, 0) is 61.2 Å². The van der Waals surface area contributed by atoms with Crippen LogP contribution >= 0.6 is 11.6 Å². The summed E-state index contributed by atoms with van der Waals surface area (Å²) in [6, 6.07) is 23.9. The van der Waals surface area contributed by atoms with E-state index < -0.39 is 6.04 Å². The molecular weight excluding hydrogens is 434 g/mol. The first-order chi connectivity index (χ1) is 16.1. The lowest BCUT2D eigenvalue weighted by atomic mass is 10.0. The number of hydrogen-bond donors (Lipinski definition) is 2. The zero-order valence-corrected chi connectivity index (χ0v) is 19.2. The zero-order valence-electron chi connectivity index (χ0n) is 18.5. The summed E-state index contributed by atoms with van der Waals surface area (Å²) in [5.74, 6) is -0.484. The molecule has 0 spiro atoms. The van der Waals surface area contributed by atoms with Gasteiger partial charge in [-0.1, -0.05) is 54.1 Å². The predicted octanol–water partition coefficient (Wildman–Crippen LogP) is 5.83. The minimum atomic E-state index is -0.484. The Morgan fingerprint density at radius 2 is 1.52 bits per heavy atom. The molecule has 0 aliphatic carbocycles. The van der Waals surface area contributed by atoms with Crippen LogP contribution in [-0.4, -0.2) is 24.9 Å². The number of hydrogen-bond acceptors (Lipinski definition) is 3. The van der Waals surface area contributed by atoms with Crippen molar-refractivity contribution in [2.24, 2.45) is 0 Å². The molecule has 5 nitrogen and oxygen atoms in total. The molecule has 1 saturated heterocycles. The van der Waals surface area contributed by atoms with Crippen LogP contribution in [0.25, 0.3) is 0 Å². The fourth-order valence-corrected chi connectivity index (χ4v) is 4.35. The third-order valence-corrected chi connectivity index (χ3v) is 6.22. The normalized spacial score (nSPS) is 14.4. The second kappa shape index (κ2) is 11.0. The highest BCUT2D eigenvalue weighted by Gasteiger charge is 2.20. The number of carbonyl (C=O) groups excluding carboxylic acids is 2. The molecule has 0 bridgehead atoms. The van der Waals surface area contributed by atoms with Crippen LogP contribution in [0.3, 0.4) is 0 Å². The van der Waals surface area contributed by atoms with Crippen molar-refractivity contribution in [2.45, 2.75) is 31.7 Å². The third kappa shape index (κ3) is 6.14. The lowest BCUT2D eigenvalue weighted by Crippen LogP contribution is -2.31. The van der Waals surface area contributed by atoms with Crippen LogP contribution < -0.4 is 15.5 Å². The van der Waals surface area contributed by atoms with E-state index in [1.165, 1.54) is 24.9 Å². The maximum atomic E-state index is 12.9. The van der Waals surface area contributed by atoms with Gasteiger partial charge in [-0.25, -0.2) is 0 Å². The Morgan fingerprint density at radius 1 is 0.848 bits per heavy atom. The van der Waals surface area contributed by atoms with Crippen molar-refractivity contribution >= 4 is 34.8 Å². The van der Waals surface area contributed by atoms with Crippen LogP contribution in [0.4, 0.5) is 11.4 Å². The van der Waals surface area contributed by atoms with E-state index in [1.54, 1.807) is 24.3 Å². The van der Waals surface area contributed by atoms with E-state index in [-0.39, 0.29) is 18.2 Å². The molecule has 6 heteroatoms. The van der Waals surface area contributed by atoms with E-state index in [4.69, 9.17) is 11.6 Å². The molecule has 0 radical (unpaired) electrons. The van der Waals surface area contributed by atoms with E-state index in [0.29, 0.717) is 10.6 Å². The molecular formula is C27H28ClN3O2. The average molecular weight is 462 g/mol. The molecule has 0 unspecified atom stereocenters. The number of benzene rings is 3. The van der Waals surface area contributed by atoms with E-state index in [9.17, 15) is 9.59 Å². The van der Waals surface area contributed by atoms with Crippen molar-refractivity contribution in [2.75, 3.05) is 23.3 Å². The summed E-state index contributed by atoms with van der Waals surface area (Å²) < 4.78 is 0. The van der Waals surface area contributed by atoms with Crippen LogP contribution in [0, 0.1) is 0 Å².